The van der Waals surface area contributed by atoms with Crippen LogP contribution in [-0.4, -0.2) is 37.1 Å². The number of ether oxygens (including phenoxy) is 2. The van der Waals surface area contributed by atoms with Crippen molar-refractivity contribution < 1.29 is 19.7 Å². The second kappa shape index (κ2) is 7.48. The summed E-state index contributed by atoms with van der Waals surface area (Å²) < 4.78 is 10.2. The molecule has 2 unspecified atom stereocenters. The number of rotatable bonds is 7. The molecule has 0 spiro atoms. The summed E-state index contributed by atoms with van der Waals surface area (Å²) >= 11 is 0. The van der Waals surface area contributed by atoms with E-state index in [1.807, 2.05) is 0 Å². The van der Waals surface area contributed by atoms with Gasteiger partial charge in [-0.3, -0.25) is 0 Å². The van der Waals surface area contributed by atoms with E-state index in [2.05, 4.69) is 10.0 Å². The van der Waals surface area contributed by atoms with Gasteiger partial charge in [-0.2, -0.15) is 0 Å². The maximum atomic E-state index is 10.1. The minimum absolute atomic E-state index is 0.112. The molecule has 0 heterocycles. The normalized spacial score (nSPS) is 13.3. The number of hydrogen-bond acceptors (Lipinski definition) is 5. The van der Waals surface area contributed by atoms with Gasteiger partial charge in [0.15, 0.2) is 0 Å². The molecule has 19 heavy (non-hydrogen) atoms. The summed E-state index contributed by atoms with van der Waals surface area (Å²) in [5.41, 5.74) is 8.59. The Labute approximate surface area is 111 Å². The van der Waals surface area contributed by atoms with E-state index in [9.17, 15) is 10.2 Å². The van der Waals surface area contributed by atoms with Crippen molar-refractivity contribution in [1.29, 1.82) is 0 Å². The van der Waals surface area contributed by atoms with Gasteiger partial charge >= 0.3 is 0 Å². The first-order valence-electron chi connectivity index (χ1n) is 5.73. The molecule has 7 heteroatoms. The van der Waals surface area contributed by atoms with Gasteiger partial charge in [0.25, 0.3) is 0 Å². The Kier molecular flexibility index (Phi) is 5.95. The van der Waals surface area contributed by atoms with Gasteiger partial charge in [-0.1, -0.05) is 5.11 Å². The minimum Gasteiger partial charge on any atom is -0.497 e. The Balaban J connectivity index is 2.89. The van der Waals surface area contributed by atoms with Crippen LogP contribution in [0.3, 0.4) is 0 Å². The fourth-order valence-corrected chi connectivity index (χ4v) is 1.67. The van der Waals surface area contributed by atoms with Gasteiger partial charge < -0.3 is 19.7 Å². The molecule has 0 bridgehead atoms. The average Bonchev–Trinajstić information content (AvgIpc) is 2.45. The molecule has 104 valence electrons. The predicted molar refractivity (Wildman–Crippen MR) is 69.1 cm³/mol. The van der Waals surface area contributed by atoms with Gasteiger partial charge in [0.1, 0.15) is 17.6 Å². The predicted octanol–water partition coefficient (Wildman–Crippen LogP) is 1.80. The molecule has 0 amide bonds. The van der Waals surface area contributed by atoms with Crippen molar-refractivity contribution in [2.45, 2.75) is 18.6 Å². The Morgan fingerprint density at radius 2 is 2.05 bits per heavy atom. The zero-order chi connectivity index (χ0) is 14.3. The fraction of sp³-hybridized carbons (Fsp3) is 0.500. The largest absolute Gasteiger partial charge is 0.497 e. The summed E-state index contributed by atoms with van der Waals surface area (Å²) in [7, 11) is 2.99. The molecule has 1 aromatic rings. The number of azide groups is 1. The van der Waals surface area contributed by atoms with Crippen molar-refractivity contribution in [2.24, 2.45) is 5.11 Å². The summed E-state index contributed by atoms with van der Waals surface area (Å²) in [4.78, 5) is 2.59. The van der Waals surface area contributed by atoms with Crippen molar-refractivity contribution in [3.05, 3.63) is 34.2 Å². The van der Waals surface area contributed by atoms with Crippen LogP contribution in [0.15, 0.2) is 23.3 Å². The van der Waals surface area contributed by atoms with Gasteiger partial charge in [-0.25, -0.2) is 0 Å². The van der Waals surface area contributed by atoms with Crippen molar-refractivity contribution >= 4 is 0 Å². The molecule has 0 fully saturated rings. The van der Waals surface area contributed by atoms with Crippen LogP contribution in [0.1, 0.15) is 18.1 Å². The van der Waals surface area contributed by atoms with Crippen LogP contribution >= 0.6 is 0 Å². The van der Waals surface area contributed by atoms with Crippen LogP contribution in [0.25, 0.3) is 10.4 Å². The van der Waals surface area contributed by atoms with Gasteiger partial charge in [0.05, 0.1) is 20.3 Å². The monoisotopic (exact) mass is 267 g/mol. The lowest BCUT2D eigenvalue weighted by atomic mass is 10.0. The average molecular weight is 267 g/mol. The Bertz CT molecular complexity index is 460. The number of nitrogens with zero attached hydrogens (tertiary/aromatic N) is 3. The standard InChI is InChI=1S/C12H17N3O4/c1-18-8-3-4-11(19-2)9(7-8)12(17)10(16)5-6-14-15-13/h3-4,7,10,12,16-17H,5-6H2,1-2H3. The first kappa shape index (κ1) is 15.1. The zero-order valence-electron chi connectivity index (χ0n) is 10.9. The van der Waals surface area contributed by atoms with Gasteiger partial charge in [0, 0.05) is 17.0 Å². The summed E-state index contributed by atoms with van der Waals surface area (Å²) in [6, 6.07) is 4.94. The zero-order valence-corrected chi connectivity index (χ0v) is 10.9. The fourth-order valence-electron chi connectivity index (χ4n) is 1.67. The lowest BCUT2D eigenvalue weighted by Gasteiger charge is -2.20. The Morgan fingerprint density at radius 1 is 1.32 bits per heavy atom. The molecule has 0 saturated heterocycles. The van der Waals surface area contributed by atoms with E-state index in [-0.39, 0.29) is 13.0 Å². The molecule has 0 aliphatic carbocycles. The summed E-state index contributed by atoms with van der Waals surface area (Å²) in [5, 5.41) is 23.3. The summed E-state index contributed by atoms with van der Waals surface area (Å²) in [6.45, 7) is 0.112. The second-order valence-electron chi connectivity index (χ2n) is 3.86. The lowest BCUT2D eigenvalue weighted by molar-refractivity contribution is 0.0136. The third-order valence-electron chi connectivity index (χ3n) is 2.71. The number of hydrogen-bond donors (Lipinski definition) is 2. The minimum atomic E-state index is -1.14. The van der Waals surface area contributed by atoms with E-state index in [1.54, 1.807) is 18.2 Å². The second-order valence-corrected chi connectivity index (χ2v) is 3.86. The highest BCUT2D eigenvalue weighted by Gasteiger charge is 2.22. The Hall–Kier alpha value is -1.95. The summed E-state index contributed by atoms with van der Waals surface area (Å²) in [5.74, 6) is 1.01. The Morgan fingerprint density at radius 3 is 2.63 bits per heavy atom. The SMILES string of the molecule is COc1ccc(OC)c(C(O)C(O)CCN=[N+]=[N-])c1. The third-order valence-corrected chi connectivity index (χ3v) is 2.71. The van der Waals surface area contributed by atoms with Crippen LogP contribution in [-0.2, 0) is 0 Å². The first-order chi connectivity index (χ1) is 9.13. The molecular formula is C12H17N3O4. The number of aliphatic hydroxyl groups is 2. The smallest absolute Gasteiger partial charge is 0.125 e. The van der Waals surface area contributed by atoms with E-state index >= 15 is 0 Å². The maximum absolute atomic E-state index is 10.1. The van der Waals surface area contributed by atoms with E-state index in [1.165, 1.54) is 14.2 Å². The quantitative estimate of drug-likeness (QED) is 0.446. The molecule has 2 N–H and O–H groups in total. The highest BCUT2D eigenvalue weighted by molar-refractivity contribution is 5.42. The van der Waals surface area contributed by atoms with Gasteiger partial charge in [-0.15, -0.1) is 0 Å². The molecule has 7 nitrogen and oxygen atoms in total. The number of benzene rings is 1. The number of aliphatic hydroxyl groups excluding tert-OH is 2. The van der Waals surface area contributed by atoms with Crippen LogP contribution in [0.4, 0.5) is 0 Å². The topological polar surface area (TPSA) is 108 Å². The van der Waals surface area contributed by atoms with E-state index in [4.69, 9.17) is 15.0 Å². The summed E-state index contributed by atoms with van der Waals surface area (Å²) in [6.07, 6.45) is -2.03. The van der Waals surface area contributed by atoms with Crippen molar-refractivity contribution in [3.8, 4) is 11.5 Å². The highest BCUT2D eigenvalue weighted by Crippen LogP contribution is 2.31. The molecule has 0 aromatic heterocycles. The highest BCUT2D eigenvalue weighted by atomic mass is 16.5. The van der Waals surface area contributed by atoms with Crippen LogP contribution in [0, 0.1) is 0 Å². The van der Waals surface area contributed by atoms with Crippen LogP contribution in [0.5, 0.6) is 11.5 Å². The molecule has 0 aliphatic heterocycles. The van der Waals surface area contributed by atoms with E-state index in [0.717, 1.165) is 0 Å². The van der Waals surface area contributed by atoms with Gasteiger partial charge in [-0.05, 0) is 30.2 Å². The third kappa shape index (κ3) is 4.03. The van der Waals surface area contributed by atoms with E-state index in [0.29, 0.717) is 17.1 Å². The molecule has 1 rings (SSSR count). The first-order valence-corrected chi connectivity index (χ1v) is 5.73. The molecule has 2 atom stereocenters. The van der Waals surface area contributed by atoms with Crippen molar-refractivity contribution in [3.63, 3.8) is 0 Å². The molecule has 0 radical (unpaired) electrons. The lowest BCUT2D eigenvalue weighted by Crippen LogP contribution is -2.19. The van der Waals surface area contributed by atoms with Crippen LogP contribution in [0.2, 0.25) is 0 Å². The van der Waals surface area contributed by atoms with Crippen molar-refractivity contribution in [1.82, 2.24) is 0 Å². The van der Waals surface area contributed by atoms with Crippen LogP contribution < -0.4 is 9.47 Å². The van der Waals surface area contributed by atoms with E-state index < -0.39 is 12.2 Å². The molecule has 1 aromatic carbocycles. The molecule has 0 aliphatic rings. The van der Waals surface area contributed by atoms with Gasteiger partial charge in [0.2, 0.25) is 0 Å². The molecule has 0 saturated carbocycles. The maximum Gasteiger partial charge on any atom is 0.125 e. The van der Waals surface area contributed by atoms with Crippen molar-refractivity contribution in [2.75, 3.05) is 20.8 Å². The molecular weight excluding hydrogens is 250 g/mol. The number of methoxy groups -OCH3 is 2.